The zero-order chi connectivity index (χ0) is 19.4. The highest BCUT2D eigenvalue weighted by Crippen LogP contribution is 2.20. The molecule has 0 aromatic heterocycles. The average Bonchev–Trinajstić information content (AvgIpc) is 2.64. The summed E-state index contributed by atoms with van der Waals surface area (Å²) in [5.41, 5.74) is 3.27. The van der Waals surface area contributed by atoms with Gasteiger partial charge in [0.25, 0.3) is 15.9 Å². The van der Waals surface area contributed by atoms with E-state index in [1.54, 1.807) is 30.3 Å². The molecule has 27 heavy (non-hydrogen) atoms. The molecule has 1 amide bonds. The highest BCUT2D eigenvalue weighted by atomic mass is 32.2. The first-order valence-electron chi connectivity index (χ1n) is 8.42. The van der Waals surface area contributed by atoms with E-state index in [1.807, 2.05) is 44.2 Å². The minimum atomic E-state index is -3.80. The number of benzene rings is 3. The van der Waals surface area contributed by atoms with Gasteiger partial charge >= 0.3 is 0 Å². The Hall–Kier alpha value is -3.12. The molecule has 0 aliphatic rings. The van der Waals surface area contributed by atoms with Crippen molar-refractivity contribution in [3.8, 4) is 0 Å². The van der Waals surface area contributed by atoms with Crippen molar-refractivity contribution >= 4 is 27.3 Å². The molecule has 0 bridgehead atoms. The summed E-state index contributed by atoms with van der Waals surface area (Å²) in [6.45, 7) is 3.75. The molecule has 0 aliphatic carbocycles. The third kappa shape index (κ3) is 4.54. The van der Waals surface area contributed by atoms with Gasteiger partial charge in [0.1, 0.15) is 0 Å². The second kappa shape index (κ2) is 7.63. The zero-order valence-corrected chi connectivity index (χ0v) is 15.9. The summed E-state index contributed by atoms with van der Waals surface area (Å²) in [6.07, 6.45) is 0. The van der Waals surface area contributed by atoms with Crippen LogP contribution in [0.5, 0.6) is 0 Å². The quantitative estimate of drug-likeness (QED) is 0.691. The van der Waals surface area contributed by atoms with E-state index in [4.69, 9.17) is 0 Å². The van der Waals surface area contributed by atoms with Gasteiger partial charge in [-0.3, -0.25) is 9.52 Å². The molecule has 0 saturated heterocycles. The van der Waals surface area contributed by atoms with Crippen molar-refractivity contribution in [3.63, 3.8) is 0 Å². The molecule has 5 nitrogen and oxygen atoms in total. The van der Waals surface area contributed by atoms with Gasteiger partial charge in [-0.25, -0.2) is 8.42 Å². The first kappa shape index (κ1) is 18.7. The molecule has 0 atom stereocenters. The largest absolute Gasteiger partial charge is 0.322 e. The number of amides is 1. The summed E-state index contributed by atoms with van der Waals surface area (Å²) < 4.78 is 27.9. The van der Waals surface area contributed by atoms with Gasteiger partial charge in [0.15, 0.2) is 0 Å². The molecule has 2 N–H and O–H groups in total. The fraction of sp³-hybridized carbons (Fsp3) is 0.0952. The van der Waals surface area contributed by atoms with E-state index >= 15 is 0 Å². The lowest BCUT2D eigenvalue weighted by Crippen LogP contribution is -2.16. The van der Waals surface area contributed by atoms with Gasteiger partial charge in [-0.05, 0) is 61.4 Å². The molecule has 0 radical (unpaired) electrons. The molecule has 3 aromatic rings. The Morgan fingerprint density at radius 1 is 0.852 bits per heavy atom. The maximum atomic E-state index is 12.7. The molecule has 0 heterocycles. The van der Waals surface area contributed by atoms with Crippen LogP contribution in [0.1, 0.15) is 21.5 Å². The van der Waals surface area contributed by atoms with Gasteiger partial charge in [0, 0.05) is 11.3 Å². The van der Waals surface area contributed by atoms with E-state index in [-0.39, 0.29) is 16.4 Å². The minimum Gasteiger partial charge on any atom is -0.322 e. The van der Waals surface area contributed by atoms with E-state index in [2.05, 4.69) is 10.0 Å². The Morgan fingerprint density at radius 3 is 2.33 bits per heavy atom. The lowest BCUT2D eigenvalue weighted by Gasteiger charge is -2.11. The minimum absolute atomic E-state index is 0.0302. The zero-order valence-electron chi connectivity index (χ0n) is 15.1. The fourth-order valence-electron chi connectivity index (χ4n) is 2.62. The lowest BCUT2D eigenvalue weighted by atomic mass is 10.2. The maximum absolute atomic E-state index is 12.7. The van der Waals surface area contributed by atoms with Crippen molar-refractivity contribution in [2.75, 3.05) is 10.0 Å². The topological polar surface area (TPSA) is 75.3 Å². The summed E-state index contributed by atoms with van der Waals surface area (Å²) in [5.74, 6) is -0.367. The summed E-state index contributed by atoms with van der Waals surface area (Å²) >= 11 is 0. The van der Waals surface area contributed by atoms with Crippen molar-refractivity contribution in [3.05, 3.63) is 89.5 Å². The Bertz CT molecular complexity index is 1090. The van der Waals surface area contributed by atoms with Crippen LogP contribution in [0.15, 0.2) is 77.7 Å². The van der Waals surface area contributed by atoms with Crippen molar-refractivity contribution in [2.45, 2.75) is 18.7 Å². The second-order valence-electron chi connectivity index (χ2n) is 6.27. The highest BCUT2D eigenvalue weighted by molar-refractivity contribution is 7.92. The normalized spacial score (nSPS) is 11.0. The Balaban J connectivity index is 1.84. The van der Waals surface area contributed by atoms with E-state index in [0.717, 1.165) is 11.1 Å². The summed E-state index contributed by atoms with van der Waals surface area (Å²) in [4.78, 5) is 12.5. The van der Waals surface area contributed by atoms with Gasteiger partial charge in [-0.2, -0.15) is 0 Å². The van der Waals surface area contributed by atoms with Crippen LogP contribution < -0.4 is 10.0 Å². The number of rotatable bonds is 5. The molecule has 0 spiro atoms. The summed E-state index contributed by atoms with van der Waals surface area (Å²) in [6, 6.07) is 20.5. The fourth-order valence-corrected chi connectivity index (χ4v) is 3.80. The van der Waals surface area contributed by atoms with Gasteiger partial charge < -0.3 is 5.32 Å². The molecule has 0 unspecified atom stereocenters. The highest BCUT2D eigenvalue weighted by Gasteiger charge is 2.17. The number of hydrogen-bond acceptors (Lipinski definition) is 3. The smallest absolute Gasteiger partial charge is 0.261 e. The lowest BCUT2D eigenvalue weighted by molar-refractivity contribution is 0.102. The predicted octanol–water partition coefficient (Wildman–Crippen LogP) is 4.36. The molecule has 138 valence electrons. The Morgan fingerprint density at radius 2 is 1.59 bits per heavy atom. The van der Waals surface area contributed by atoms with Gasteiger partial charge in [-0.15, -0.1) is 0 Å². The molecule has 0 fully saturated rings. The van der Waals surface area contributed by atoms with E-state index in [1.165, 1.54) is 12.1 Å². The number of sulfonamides is 1. The van der Waals surface area contributed by atoms with E-state index < -0.39 is 10.0 Å². The van der Waals surface area contributed by atoms with Crippen LogP contribution in [0.4, 0.5) is 11.4 Å². The Kier molecular flexibility index (Phi) is 5.28. The van der Waals surface area contributed by atoms with Crippen LogP contribution in [0.3, 0.4) is 0 Å². The number of carbonyl (C=O) groups excluding carboxylic acids is 1. The number of carbonyl (C=O) groups is 1. The molecular formula is C21H20N2O3S. The van der Waals surface area contributed by atoms with Crippen LogP contribution in [-0.4, -0.2) is 14.3 Å². The van der Waals surface area contributed by atoms with Crippen LogP contribution >= 0.6 is 0 Å². The molecule has 6 heteroatoms. The molecule has 0 aliphatic heterocycles. The van der Waals surface area contributed by atoms with E-state index in [0.29, 0.717) is 11.4 Å². The number of aryl methyl sites for hydroxylation is 2. The van der Waals surface area contributed by atoms with Crippen LogP contribution in [0.2, 0.25) is 0 Å². The summed E-state index contributed by atoms with van der Waals surface area (Å²) in [7, 11) is -3.80. The predicted molar refractivity (Wildman–Crippen MR) is 108 cm³/mol. The van der Waals surface area contributed by atoms with Gasteiger partial charge in [-0.1, -0.05) is 36.4 Å². The van der Waals surface area contributed by atoms with Gasteiger partial charge in [0.2, 0.25) is 0 Å². The van der Waals surface area contributed by atoms with Crippen molar-refractivity contribution < 1.29 is 13.2 Å². The van der Waals surface area contributed by atoms with Crippen LogP contribution in [0.25, 0.3) is 0 Å². The monoisotopic (exact) mass is 380 g/mol. The van der Waals surface area contributed by atoms with Crippen molar-refractivity contribution in [1.29, 1.82) is 0 Å². The molecule has 0 saturated carbocycles. The third-order valence-corrected chi connectivity index (χ3v) is 5.44. The number of para-hydroxylation sites is 1. The summed E-state index contributed by atoms with van der Waals surface area (Å²) in [5, 5.41) is 2.78. The SMILES string of the molecule is Cc1cccc(NC(=O)c2cccc(S(=O)(=O)Nc3ccccc3C)c2)c1. The Labute approximate surface area is 159 Å². The average molecular weight is 380 g/mol. The third-order valence-electron chi connectivity index (χ3n) is 4.07. The standard InChI is InChI=1S/C21H20N2O3S/c1-15-7-5-10-18(13-15)22-21(24)17-9-6-11-19(14-17)27(25,26)23-20-12-4-3-8-16(20)2/h3-14,23H,1-2H3,(H,22,24). The first-order valence-corrected chi connectivity index (χ1v) is 9.90. The molecule has 3 aromatic carbocycles. The van der Waals surface area contributed by atoms with Crippen molar-refractivity contribution in [1.82, 2.24) is 0 Å². The first-order chi connectivity index (χ1) is 12.8. The van der Waals surface area contributed by atoms with Gasteiger partial charge in [0.05, 0.1) is 10.6 Å². The van der Waals surface area contributed by atoms with E-state index in [9.17, 15) is 13.2 Å². The molecule has 3 rings (SSSR count). The van der Waals surface area contributed by atoms with Crippen molar-refractivity contribution in [2.24, 2.45) is 0 Å². The maximum Gasteiger partial charge on any atom is 0.261 e. The van der Waals surface area contributed by atoms with Crippen LogP contribution in [-0.2, 0) is 10.0 Å². The second-order valence-corrected chi connectivity index (χ2v) is 7.95. The molecular weight excluding hydrogens is 360 g/mol. The number of anilines is 2. The van der Waals surface area contributed by atoms with Crippen LogP contribution in [0, 0.1) is 13.8 Å². The number of hydrogen-bond donors (Lipinski definition) is 2. The number of nitrogens with one attached hydrogen (secondary N) is 2.